The van der Waals surface area contributed by atoms with E-state index in [-0.39, 0.29) is 12.2 Å². The van der Waals surface area contributed by atoms with Gasteiger partial charge in [0.2, 0.25) is 0 Å². The molecular formula is C16H35BO3. The molecule has 0 aliphatic carbocycles. The molecule has 20 heavy (non-hydrogen) atoms. The molecule has 0 aromatic heterocycles. The molecular weight excluding hydrogens is 251 g/mol. The molecule has 0 rings (SSSR count). The van der Waals surface area contributed by atoms with Crippen LogP contribution in [0.1, 0.15) is 91.9 Å². The van der Waals surface area contributed by atoms with Gasteiger partial charge in [-0.15, -0.1) is 0 Å². The topological polar surface area (TPSA) is 38.7 Å². The van der Waals surface area contributed by atoms with E-state index in [1.807, 2.05) is 0 Å². The Labute approximate surface area is 126 Å². The number of rotatable bonds is 14. The predicted octanol–water partition coefficient (Wildman–Crippen LogP) is 4.71. The molecule has 0 saturated carbocycles. The molecule has 2 unspecified atom stereocenters. The Hall–Kier alpha value is -0.0551. The van der Waals surface area contributed by atoms with Gasteiger partial charge >= 0.3 is 7.32 Å². The van der Waals surface area contributed by atoms with Gasteiger partial charge in [-0.05, 0) is 25.7 Å². The molecule has 0 fully saturated rings. The molecule has 0 aliphatic rings. The Morgan fingerprint density at radius 1 is 0.750 bits per heavy atom. The molecule has 0 spiro atoms. The zero-order valence-electron chi connectivity index (χ0n) is 14.1. The maximum Gasteiger partial charge on any atom is 0.637 e. The molecule has 0 heterocycles. The molecule has 0 aliphatic heterocycles. The summed E-state index contributed by atoms with van der Waals surface area (Å²) in [6.07, 6.45) is 11.3. The van der Waals surface area contributed by atoms with Crippen LogP contribution in [0.3, 0.4) is 0 Å². The fourth-order valence-electron chi connectivity index (χ4n) is 2.34. The Bertz CT molecular complexity index is 182. The van der Waals surface area contributed by atoms with Crippen LogP contribution >= 0.6 is 0 Å². The van der Waals surface area contributed by atoms with Crippen LogP contribution in [0.4, 0.5) is 0 Å². The van der Waals surface area contributed by atoms with Crippen LogP contribution in [0, 0.1) is 0 Å². The predicted molar refractivity (Wildman–Crippen MR) is 86.6 cm³/mol. The summed E-state index contributed by atoms with van der Waals surface area (Å²) in [7, 11) is -1.06. The molecule has 0 saturated heterocycles. The van der Waals surface area contributed by atoms with E-state index < -0.39 is 7.32 Å². The lowest BCUT2D eigenvalue weighted by Crippen LogP contribution is -2.33. The highest BCUT2D eigenvalue weighted by Gasteiger charge is 2.24. The third kappa shape index (κ3) is 10.7. The fraction of sp³-hybridized carbons (Fsp3) is 1.00. The van der Waals surface area contributed by atoms with Crippen LogP contribution in [0.25, 0.3) is 0 Å². The lowest BCUT2D eigenvalue weighted by molar-refractivity contribution is 0.0435. The van der Waals surface area contributed by atoms with Gasteiger partial charge in [0, 0.05) is 12.2 Å². The second-order valence-corrected chi connectivity index (χ2v) is 5.63. The summed E-state index contributed by atoms with van der Waals surface area (Å²) in [5, 5.41) is 9.92. The van der Waals surface area contributed by atoms with E-state index >= 15 is 0 Å². The number of unbranched alkanes of at least 4 members (excludes halogenated alkanes) is 4. The van der Waals surface area contributed by atoms with Crippen LogP contribution in [0.2, 0.25) is 0 Å². The highest BCUT2D eigenvalue weighted by atomic mass is 16.7. The van der Waals surface area contributed by atoms with Crippen molar-refractivity contribution >= 4 is 7.32 Å². The quantitative estimate of drug-likeness (QED) is 0.371. The first-order chi connectivity index (χ1) is 9.67. The lowest BCUT2D eigenvalue weighted by atomic mass is 10.0. The lowest BCUT2D eigenvalue weighted by Gasteiger charge is -2.22. The average molecular weight is 286 g/mol. The molecule has 0 radical (unpaired) electrons. The van der Waals surface area contributed by atoms with Crippen molar-refractivity contribution in [2.24, 2.45) is 0 Å². The van der Waals surface area contributed by atoms with Gasteiger partial charge in [-0.25, -0.2) is 0 Å². The zero-order chi connectivity index (χ0) is 15.2. The summed E-state index contributed by atoms with van der Waals surface area (Å²) in [6, 6.07) is 0. The molecule has 0 aromatic rings. The van der Waals surface area contributed by atoms with E-state index in [2.05, 4.69) is 27.7 Å². The van der Waals surface area contributed by atoms with Crippen molar-refractivity contribution in [3.63, 3.8) is 0 Å². The van der Waals surface area contributed by atoms with Crippen LogP contribution < -0.4 is 0 Å². The molecule has 120 valence electrons. The smallest absolute Gasteiger partial charge is 0.402 e. The van der Waals surface area contributed by atoms with E-state index in [1.165, 1.54) is 25.7 Å². The molecule has 2 atom stereocenters. The van der Waals surface area contributed by atoms with Crippen LogP contribution in [0.5, 0.6) is 0 Å². The van der Waals surface area contributed by atoms with Crippen molar-refractivity contribution in [1.82, 2.24) is 0 Å². The Morgan fingerprint density at radius 3 is 1.45 bits per heavy atom. The maximum absolute atomic E-state index is 9.92. The van der Waals surface area contributed by atoms with Gasteiger partial charge in [0.1, 0.15) is 0 Å². The normalized spacial score (nSPS) is 14.2. The van der Waals surface area contributed by atoms with Gasteiger partial charge < -0.3 is 14.3 Å². The Balaban J connectivity index is 3.92. The van der Waals surface area contributed by atoms with Gasteiger partial charge in [0.05, 0.1) is 0 Å². The molecule has 1 N–H and O–H groups in total. The molecule has 3 nitrogen and oxygen atoms in total. The first-order valence-electron chi connectivity index (χ1n) is 8.66. The zero-order valence-corrected chi connectivity index (χ0v) is 14.1. The van der Waals surface area contributed by atoms with Gasteiger partial charge in [0.15, 0.2) is 0 Å². The van der Waals surface area contributed by atoms with Crippen molar-refractivity contribution in [1.29, 1.82) is 0 Å². The largest absolute Gasteiger partial charge is 0.637 e. The summed E-state index contributed by atoms with van der Waals surface area (Å²) in [4.78, 5) is 0. The third-order valence-corrected chi connectivity index (χ3v) is 3.79. The van der Waals surface area contributed by atoms with Crippen LogP contribution in [-0.2, 0) is 9.31 Å². The monoisotopic (exact) mass is 286 g/mol. The molecule has 0 amide bonds. The van der Waals surface area contributed by atoms with Crippen LogP contribution in [-0.4, -0.2) is 24.6 Å². The Kier molecular flexibility index (Phi) is 13.9. The van der Waals surface area contributed by atoms with Gasteiger partial charge in [-0.2, -0.15) is 0 Å². The minimum Gasteiger partial charge on any atom is -0.402 e. The highest BCUT2D eigenvalue weighted by Crippen LogP contribution is 2.14. The van der Waals surface area contributed by atoms with E-state index in [9.17, 15) is 5.02 Å². The van der Waals surface area contributed by atoms with Crippen molar-refractivity contribution in [2.45, 2.75) is 104 Å². The molecule has 0 bridgehead atoms. The minimum absolute atomic E-state index is 0.115. The maximum atomic E-state index is 9.92. The van der Waals surface area contributed by atoms with Crippen molar-refractivity contribution in [2.75, 3.05) is 0 Å². The van der Waals surface area contributed by atoms with Gasteiger partial charge in [-0.1, -0.05) is 66.2 Å². The fourth-order valence-corrected chi connectivity index (χ4v) is 2.34. The van der Waals surface area contributed by atoms with Crippen LogP contribution in [0.15, 0.2) is 0 Å². The van der Waals surface area contributed by atoms with Crippen molar-refractivity contribution in [3.8, 4) is 0 Å². The summed E-state index contributed by atoms with van der Waals surface area (Å²) in [5.41, 5.74) is 0. The van der Waals surface area contributed by atoms with E-state index in [1.54, 1.807) is 0 Å². The summed E-state index contributed by atoms with van der Waals surface area (Å²) in [6.45, 7) is 8.59. The third-order valence-electron chi connectivity index (χ3n) is 3.79. The molecule has 0 aromatic carbocycles. The second kappa shape index (κ2) is 13.9. The first kappa shape index (κ1) is 19.9. The van der Waals surface area contributed by atoms with Gasteiger partial charge in [-0.3, -0.25) is 0 Å². The SMILES string of the molecule is CCCCCC(CC)OB(O)OC(CC)CCCCC. The second-order valence-electron chi connectivity index (χ2n) is 5.63. The summed E-state index contributed by atoms with van der Waals surface area (Å²) < 4.78 is 11.2. The number of hydrogen-bond donors (Lipinski definition) is 1. The van der Waals surface area contributed by atoms with E-state index in [0.29, 0.717) is 0 Å². The summed E-state index contributed by atoms with van der Waals surface area (Å²) >= 11 is 0. The van der Waals surface area contributed by atoms with Crippen molar-refractivity contribution < 1.29 is 14.3 Å². The summed E-state index contributed by atoms with van der Waals surface area (Å²) in [5.74, 6) is 0. The first-order valence-corrected chi connectivity index (χ1v) is 8.66. The minimum atomic E-state index is -1.06. The van der Waals surface area contributed by atoms with E-state index in [0.717, 1.165) is 38.5 Å². The Morgan fingerprint density at radius 2 is 1.15 bits per heavy atom. The molecule has 4 heteroatoms. The van der Waals surface area contributed by atoms with E-state index in [4.69, 9.17) is 9.31 Å². The van der Waals surface area contributed by atoms with Crippen molar-refractivity contribution in [3.05, 3.63) is 0 Å². The highest BCUT2D eigenvalue weighted by molar-refractivity contribution is 6.34. The number of hydrogen-bond acceptors (Lipinski definition) is 3. The van der Waals surface area contributed by atoms with Gasteiger partial charge in [0.25, 0.3) is 0 Å². The average Bonchev–Trinajstić information content (AvgIpc) is 2.45. The standard InChI is InChI=1S/C16H35BO3/c1-5-9-11-13-15(7-3)19-17(18)20-16(8-4)14-12-10-6-2/h15-16,18H,5-14H2,1-4H3.